The predicted octanol–water partition coefficient (Wildman–Crippen LogP) is 2.23. The van der Waals surface area contributed by atoms with Crippen molar-refractivity contribution in [2.24, 2.45) is 5.10 Å². The minimum Gasteiger partial charge on any atom is -0.502 e. The van der Waals surface area contributed by atoms with E-state index in [1.54, 1.807) is 12.1 Å². The SMILES string of the molecule is O=C(N/N=C/c1ccc(O)c([N+](=O)[O-])c1)c1csc(CS(=O)(=O)Cc2ccco2)n1. The highest BCUT2D eigenvalue weighted by molar-refractivity contribution is 7.89. The van der Waals surface area contributed by atoms with Crippen molar-refractivity contribution in [1.82, 2.24) is 10.4 Å². The average Bonchev–Trinajstić information content (AvgIpc) is 3.34. The van der Waals surface area contributed by atoms with Crippen LogP contribution in [-0.2, 0) is 21.3 Å². The number of phenols is 1. The van der Waals surface area contributed by atoms with Gasteiger partial charge in [0.25, 0.3) is 5.91 Å². The van der Waals surface area contributed by atoms with E-state index in [4.69, 9.17) is 4.42 Å². The third-order valence-corrected chi connectivity index (χ3v) is 6.12. The highest BCUT2D eigenvalue weighted by atomic mass is 32.2. The van der Waals surface area contributed by atoms with Crippen LogP contribution in [0, 0.1) is 10.1 Å². The Morgan fingerprint density at radius 2 is 2.17 bits per heavy atom. The number of benzene rings is 1. The lowest BCUT2D eigenvalue weighted by Gasteiger charge is -1.99. The van der Waals surface area contributed by atoms with Crippen LogP contribution in [-0.4, -0.2) is 35.6 Å². The van der Waals surface area contributed by atoms with E-state index in [9.17, 15) is 28.4 Å². The number of aromatic hydroxyl groups is 1. The molecule has 0 radical (unpaired) electrons. The molecule has 0 bridgehead atoms. The van der Waals surface area contributed by atoms with Gasteiger partial charge in [0.1, 0.15) is 28.0 Å². The number of phenolic OH excluding ortho intramolecular Hbond substituents is 1. The molecule has 0 fully saturated rings. The molecule has 1 amide bonds. The van der Waals surface area contributed by atoms with Crippen molar-refractivity contribution in [2.75, 3.05) is 0 Å². The summed E-state index contributed by atoms with van der Waals surface area (Å²) in [5, 5.41) is 25.5. The molecule has 30 heavy (non-hydrogen) atoms. The minimum absolute atomic E-state index is 0.0166. The Labute approximate surface area is 173 Å². The Kier molecular flexibility index (Phi) is 6.23. The van der Waals surface area contributed by atoms with Crippen LogP contribution in [0.2, 0.25) is 0 Å². The molecule has 3 aromatic rings. The fourth-order valence-electron chi connectivity index (χ4n) is 2.32. The maximum absolute atomic E-state index is 12.2. The summed E-state index contributed by atoms with van der Waals surface area (Å²) < 4.78 is 29.4. The number of nitrogens with one attached hydrogen (secondary N) is 1. The van der Waals surface area contributed by atoms with Crippen molar-refractivity contribution in [3.8, 4) is 5.75 Å². The maximum Gasteiger partial charge on any atom is 0.311 e. The third-order valence-electron chi connectivity index (χ3n) is 3.65. The van der Waals surface area contributed by atoms with Crippen LogP contribution in [0.3, 0.4) is 0 Å². The van der Waals surface area contributed by atoms with Gasteiger partial charge in [0, 0.05) is 17.0 Å². The largest absolute Gasteiger partial charge is 0.502 e. The molecule has 0 saturated carbocycles. The van der Waals surface area contributed by atoms with Crippen LogP contribution in [0.4, 0.5) is 5.69 Å². The second kappa shape index (κ2) is 8.84. The number of sulfone groups is 1. The van der Waals surface area contributed by atoms with Gasteiger partial charge in [-0.15, -0.1) is 11.3 Å². The normalized spacial score (nSPS) is 11.6. The summed E-state index contributed by atoms with van der Waals surface area (Å²) >= 11 is 1.02. The number of nitrogens with zero attached hydrogens (tertiary/aromatic N) is 3. The van der Waals surface area contributed by atoms with Crippen molar-refractivity contribution < 1.29 is 27.7 Å². The zero-order valence-corrected chi connectivity index (χ0v) is 16.7. The second-order valence-electron chi connectivity index (χ2n) is 5.94. The molecule has 1 aromatic carbocycles. The van der Waals surface area contributed by atoms with Gasteiger partial charge < -0.3 is 9.52 Å². The number of amides is 1. The van der Waals surface area contributed by atoms with Gasteiger partial charge in [0.15, 0.2) is 15.6 Å². The number of thiazole rings is 1. The number of hydrogen-bond donors (Lipinski definition) is 2. The maximum atomic E-state index is 12.2. The molecule has 0 unspecified atom stereocenters. The lowest BCUT2D eigenvalue weighted by atomic mass is 10.2. The van der Waals surface area contributed by atoms with Crippen molar-refractivity contribution >= 4 is 39.0 Å². The van der Waals surface area contributed by atoms with Crippen LogP contribution in [0.25, 0.3) is 0 Å². The van der Waals surface area contributed by atoms with Gasteiger partial charge in [0.05, 0.1) is 17.4 Å². The number of aromatic nitrogens is 1. The lowest BCUT2D eigenvalue weighted by molar-refractivity contribution is -0.385. The summed E-state index contributed by atoms with van der Waals surface area (Å²) in [6.07, 6.45) is 2.54. The van der Waals surface area contributed by atoms with E-state index in [2.05, 4.69) is 15.5 Å². The Morgan fingerprint density at radius 3 is 2.87 bits per heavy atom. The van der Waals surface area contributed by atoms with Crippen LogP contribution in [0.15, 0.2) is 51.5 Å². The molecule has 0 saturated heterocycles. The topological polar surface area (TPSA) is 165 Å². The molecule has 0 aliphatic rings. The first-order chi connectivity index (χ1) is 14.2. The zero-order valence-electron chi connectivity index (χ0n) is 15.1. The van der Waals surface area contributed by atoms with E-state index in [-0.39, 0.29) is 27.8 Å². The van der Waals surface area contributed by atoms with Crippen molar-refractivity contribution in [3.63, 3.8) is 0 Å². The van der Waals surface area contributed by atoms with Gasteiger partial charge >= 0.3 is 5.69 Å². The van der Waals surface area contributed by atoms with Crippen LogP contribution in [0.1, 0.15) is 26.8 Å². The van der Waals surface area contributed by atoms with Crippen molar-refractivity contribution in [2.45, 2.75) is 11.5 Å². The first-order valence-corrected chi connectivity index (χ1v) is 10.9. The summed E-state index contributed by atoms with van der Waals surface area (Å²) in [7, 11) is -3.52. The molecular formula is C17H14N4O7S2. The monoisotopic (exact) mass is 450 g/mol. The second-order valence-corrected chi connectivity index (χ2v) is 8.95. The van der Waals surface area contributed by atoms with E-state index in [0.29, 0.717) is 5.76 Å². The Bertz CT molecular complexity index is 1200. The molecule has 2 heterocycles. The summed E-state index contributed by atoms with van der Waals surface area (Å²) in [6.45, 7) is 0. The number of rotatable bonds is 8. The highest BCUT2D eigenvalue weighted by Gasteiger charge is 2.19. The van der Waals surface area contributed by atoms with Crippen LogP contribution >= 0.6 is 11.3 Å². The van der Waals surface area contributed by atoms with E-state index >= 15 is 0 Å². The Hall–Kier alpha value is -3.58. The van der Waals surface area contributed by atoms with Gasteiger partial charge in [-0.1, -0.05) is 0 Å². The van der Waals surface area contributed by atoms with Crippen molar-refractivity contribution in [3.05, 3.63) is 74.1 Å². The molecule has 156 valence electrons. The highest BCUT2D eigenvalue weighted by Crippen LogP contribution is 2.25. The van der Waals surface area contributed by atoms with E-state index in [0.717, 1.165) is 29.7 Å². The first kappa shape index (κ1) is 21.1. The van der Waals surface area contributed by atoms with Gasteiger partial charge in [0.2, 0.25) is 0 Å². The molecule has 0 aliphatic heterocycles. The number of furan rings is 1. The first-order valence-electron chi connectivity index (χ1n) is 8.21. The van der Waals surface area contributed by atoms with Gasteiger partial charge in [-0.05, 0) is 24.3 Å². The fraction of sp³-hybridized carbons (Fsp3) is 0.118. The van der Waals surface area contributed by atoms with E-state index in [1.807, 2.05) is 0 Å². The summed E-state index contributed by atoms with van der Waals surface area (Å²) in [5.41, 5.74) is 1.97. The molecule has 0 aliphatic carbocycles. The van der Waals surface area contributed by atoms with Crippen LogP contribution in [0.5, 0.6) is 5.75 Å². The molecule has 13 heteroatoms. The zero-order chi connectivity index (χ0) is 21.7. The van der Waals surface area contributed by atoms with Gasteiger partial charge in [-0.25, -0.2) is 18.8 Å². The summed E-state index contributed by atoms with van der Waals surface area (Å²) in [5.74, 6) is -1.46. The lowest BCUT2D eigenvalue weighted by Crippen LogP contribution is -2.18. The molecule has 2 aromatic heterocycles. The van der Waals surface area contributed by atoms with Crippen LogP contribution < -0.4 is 5.43 Å². The van der Waals surface area contributed by atoms with E-state index in [1.165, 1.54) is 17.7 Å². The average molecular weight is 450 g/mol. The number of nitro groups is 1. The Balaban J connectivity index is 1.60. The molecule has 0 spiro atoms. The van der Waals surface area contributed by atoms with Crippen molar-refractivity contribution in [1.29, 1.82) is 0 Å². The molecule has 3 rings (SSSR count). The smallest absolute Gasteiger partial charge is 0.311 e. The quantitative estimate of drug-likeness (QED) is 0.299. The fourth-order valence-corrected chi connectivity index (χ4v) is 4.83. The summed E-state index contributed by atoms with van der Waals surface area (Å²) in [6, 6.07) is 6.75. The molecular weight excluding hydrogens is 436 g/mol. The number of hydrazone groups is 1. The number of hydrogen-bond acceptors (Lipinski definition) is 10. The number of carbonyl (C=O) groups is 1. The predicted molar refractivity (Wildman–Crippen MR) is 107 cm³/mol. The molecule has 2 N–H and O–H groups in total. The Morgan fingerprint density at radius 1 is 1.37 bits per heavy atom. The van der Waals surface area contributed by atoms with Gasteiger partial charge in [-0.2, -0.15) is 5.10 Å². The molecule has 11 nitrogen and oxygen atoms in total. The third kappa shape index (κ3) is 5.48. The number of carbonyl (C=O) groups excluding carboxylic acids is 1. The molecule has 0 atom stereocenters. The summed E-state index contributed by atoms with van der Waals surface area (Å²) in [4.78, 5) is 26.2. The minimum atomic E-state index is -3.52. The van der Waals surface area contributed by atoms with Gasteiger partial charge in [-0.3, -0.25) is 14.9 Å². The number of nitro benzene ring substituents is 1. The standard InChI is InChI=1S/C17H14N4O7S2/c22-15-4-3-11(6-14(15)21(24)25)7-18-20-17(23)13-8-29-16(19-13)10-30(26,27)9-12-2-1-5-28-12/h1-8,22H,9-10H2,(H,20,23)/b18-7+. The van der Waals surface area contributed by atoms with E-state index < -0.39 is 32.1 Å².